The lowest BCUT2D eigenvalue weighted by Crippen LogP contribution is -2.45. The van der Waals surface area contributed by atoms with E-state index in [9.17, 15) is 9.18 Å². The van der Waals surface area contributed by atoms with Crippen molar-refractivity contribution in [3.05, 3.63) is 53.3 Å². The molecule has 166 valence electrons. The van der Waals surface area contributed by atoms with Crippen LogP contribution in [0.4, 0.5) is 4.39 Å². The molecule has 5 nitrogen and oxygen atoms in total. The lowest BCUT2D eigenvalue weighted by Gasteiger charge is -2.40. The minimum absolute atomic E-state index is 0.0868. The number of ether oxygens (including phenoxy) is 3. The number of hydrogen-bond donors (Lipinski definition) is 0. The molecule has 0 N–H and O–H groups in total. The average Bonchev–Trinajstić information content (AvgIpc) is 2.82. The molecule has 1 fully saturated rings. The number of rotatable bonds is 6. The van der Waals surface area contributed by atoms with E-state index in [-0.39, 0.29) is 23.7 Å². The van der Waals surface area contributed by atoms with Crippen molar-refractivity contribution in [3.8, 4) is 17.2 Å². The minimum atomic E-state index is -0.304. The Morgan fingerprint density at radius 1 is 1.03 bits per heavy atom. The molecule has 0 radical (unpaired) electrons. The summed E-state index contributed by atoms with van der Waals surface area (Å²) in [5.74, 6) is 1.91. The first-order valence-corrected chi connectivity index (χ1v) is 11.0. The SMILES string of the molecule is COc1cc2c(cc1OC)C(COc1ccc(F)cc1)N(C(=O)C1CCCCC1)CC2. The normalized spacial score (nSPS) is 18.9. The number of methoxy groups -OCH3 is 2. The van der Waals surface area contributed by atoms with Gasteiger partial charge < -0.3 is 19.1 Å². The fourth-order valence-electron chi connectivity index (χ4n) is 4.76. The maximum atomic E-state index is 13.5. The van der Waals surface area contributed by atoms with Gasteiger partial charge in [-0.3, -0.25) is 4.79 Å². The molecule has 1 aliphatic heterocycles. The van der Waals surface area contributed by atoms with Crippen LogP contribution in [0, 0.1) is 11.7 Å². The van der Waals surface area contributed by atoms with E-state index in [4.69, 9.17) is 14.2 Å². The lowest BCUT2D eigenvalue weighted by molar-refractivity contribution is -0.140. The average molecular weight is 428 g/mol. The van der Waals surface area contributed by atoms with E-state index in [1.807, 2.05) is 17.0 Å². The highest BCUT2D eigenvalue weighted by atomic mass is 19.1. The summed E-state index contributed by atoms with van der Waals surface area (Å²) >= 11 is 0. The summed E-state index contributed by atoms with van der Waals surface area (Å²) in [7, 11) is 3.24. The first kappa shape index (κ1) is 21.5. The summed E-state index contributed by atoms with van der Waals surface area (Å²) in [6.07, 6.45) is 6.12. The van der Waals surface area contributed by atoms with Crippen LogP contribution in [0.1, 0.15) is 49.3 Å². The van der Waals surface area contributed by atoms with Crippen molar-refractivity contribution in [1.82, 2.24) is 4.90 Å². The quantitative estimate of drug-likeness (QED) is 0.656. The van der Waals surface area contributed by atoms with Crippen LogP contribution >= 0.6 is 0 Å². The molecule has 1 aliphatic carbocycles. The van der Waals surface area contributed by atoms with Crippen LogP contribution in [-0.2, 0) is 11.2 Å². The summed E-state index contributed by atoms with van der Waals surface area (Å²) in [4.78, 5) is 15.5. The molecule has 2 aromatic rings. The van der Waals surface area contributed by atoms with Crippen molar-refractivity contribution in [1.29, 1.82) is 0 Å². The zero-order chi connectivity index (χ0) is 21.8. The van der Waals surface area contributed by atoms with Crippen LogP contribution in [0.5, 0.6) is 17.2 Å². The second-order valence-electron chi connectivity index (χ2n) is 8.30. The van der Waals surface area contributed by atoms with Crippen LogP contribution in [0.3, 0.4) is 0 Å². The Labute approximate surface area is 183 Å². The highest BCUT2D eigenvalue weighted by molar-refractivity contribution is 5.80. The van der Waals surface area contributed by atoms with Gasteiger partial charge in [0.25, 0.3) is 0 Å². The van der Waals surface area contributed by atoms with Gasteiger partial charge >= 0.3 is 0 Å². The predicted octanol–water partition coefficient (Wildman–Crippen LogP) is 4.93. The predicted molar refractivity (Wildman–Crippen MR) is 116 cm³/mol. The number of amides is 1. The summed E-state index contributed by atoms with van der Waals surface area (Å²) in [5.41, 5.74) is 2.16. The fraction of sp³-hybridized carbons (Fsp3) is 0.480. The Balaban J connectivity index is 1.64. The smallest absolute Gasteiger partial charge is 0.226 e. The van der Waals surface area contributed by atoms with Crippen molar-refractivity contribution >= 4 is 5.91 Å². The van der Waals surface area contributed by atoms with Gasteiger partial charge in [0.2, 0.25) is 5.91 Å². The van der Waals surface area contributed by atoms with Gasteiger partial charge in [-0.25, -0.2) is 4.39 Å². The van der Waals surface area contributed by atoms with Gasteiger partial charge in [0.05, 0.1) is 20.3 Å². The molecule has 2 aromatic carbocycles. The Kier molecular flexibility index (Phi) is 6.64. The van der Waals surface area contributed by atoms with Crippen LogP contribution < -0.4 is 14.2 Å². The third kappa shape index (κ3) is 4.63. The number of hydrogen-bond acceptors (Lipinski definition) is 4. The van der Waals surface area contributed by atoms with Crippen molar-refractivity contribution in [2.45, 2.75) is 44.6 Å². The van der Waals surface area contributed by atoms with Crippen LogP contribution in [0.15, 0.2) is 36.4 Å². The molecule has 1 amide bonds. The second kappa shape index (κ2) is 9.58. The van der Waals surface area contributed by atoms with Crippen LogP contribution in [-0.4, -0.2) is 38.2 Å². The molecular weight excluding hydrogens is 397 g/mol. The third-order valence-corrected chi connectivity index (χ3v) is 6.46. The Morgan fingerprint density at radius 2 is 1.71 bits per heavy atom. The molecule has 1 unspecified atom stereocenters. The Bertz CT molecular complexity index is 908. The second-order valence-corrected chi connectivity index (χ2v) is 8.30. The van der Waals surface area contributed by atoms with Gasteiger partial charge in [-0.15, -0.1) is 0 Å². The molecule has 0 aromatic heterocycles. The number of carbonyl (C=O) groups is 1. The minimum Gasteiger partial charge on any atom is -0.493 e. The summed E-state index contributed by atoms with van der Waals surface area (Å²) in [6, 6.07) is 9.71. The third-order valence-electron chi connectivity index (χ3n) is 6.46. The maximum absolute atomic E-state index is 13.5. The molecule has 1 atom stereocenters. The van der Waals surface area contributed by atoms with Gasteiger partial charge in [0.15, 0.2) is 11.5 Å². The highest BCUT2D eigenvalue weighted by Gasteiger charge is 2.36. The Morgan fingerprint density at radius 3 is 2.39 bits per heavy atom. The molecule has 4 rings (SSSR count). The van der Waals surface area contributed by atoms with Crippen LogP contribution in [0.2, 0.25) is 0 Å². The first-order valence-electron chi connectivity index (χ1n) is 11.0. The molecule has 31 heavy (non-hydrogen) atoms. The van der Waals surface area contributed by atoms with E-state index < -0.39 is 0 Å². The molecule has 1 saturated carbocycles. The van der Waals surface area contributed by atoms with E-state index in [1.165, 1.54) is 18.6 Å². The molecule has 6 heteroatoms. The molecule has 0 saturated heterocycles. The van der Waals surface area contributed by atoms with E-state index in [0.717, 1.165) is 43.2 Å². The number of benzene rings is 2. The molecule has 0 bridgehead atoms. The monoisotopic (exact) mass is 427 g/mol. The van der Waals surface area contributed by atoms with Gasteiger partial charge in [-0.2, -0.15) is 0 Å². The number of nitrogens with zero attached hydrogens (tertiary/aromatic N) is 1. The summed E-state index contributed by atoms with van der Waals surface area (Å²) in [5, 5.41) is 0. The summed E-state index contributed by atoms with van der Waals surface area (Å²) in [6.45, 7) is 0.946. The standard InChI is InChI=1S/C25H30FNO4/c1-29-23-14-18-12-13-27(25(28)17-6-4-3-5-7-17)22(21(18)15-24(23)30-2)16-31-20-10-8-19(26)9-11-20/h8-11,14-15,17,22H,3-7,12-13,16H2,1-2H3. The van der Waals surface area contributed by atoms with Crippen molar-refractivity contribution in [3.63, 3.8) is 0 Å². The number of fused-ring (bicyclic) bond motifs is 1. The zero-order valence-electron chi connectivity index (χ0n) is 18.2. The number of carbonyl (C=O) groups excluding carboxylic acids is 1. The molecule has 1 heterocycles. The van der Waals surface area contributed by atoms with Crippen molar-refractivity contribution in [2.24, 2.45) is 5.92 Å². The lowest BCUT2D eigenvalue weighted by atomic mass is 9.86. The maximum Gasteiger partial charge on any atom is 0.226 e. The largest absolute Gasteiger partial charge is 0.493 e. The van der Waals surface area contributed by atoms with E-state index in [0.29, 0.717) is 30.4 Å². The van der Waals surface area contributed by atoms with Crippen molar-refractivity contribution < 1.29 is 23.4 Å². The van der Waals surface area contributed by atoms with E-state index in [1.54, 1.807) is 26.4 Å². The fourth-order valence-corrected chi connectivity index (χ4v) is 4.76. The highest BCUT2D eigenvalue weighted by Crippen LogP contribution is 2.40. The van der Waals surface area contributed by atoms with Gasteiger partial charge in [-0.05, 0) is 66.8 Å². The number of halogens is 1. The van der Waals surface area contributed by atoms with E-state index >= 15 is 0 Å². The topological polar surface area (TPSA) is 48.0 Å². The molecular formula is C25H30FNO4. The van der Waals surface area contributed by atoms with E-state index in [2.05, 4.69) is 0 Å². The van der Waals surface area contributed by atoms with Gasteiger partial charge in [-0.1, -0.05) is 19.3 Å². The zero-order valence-corrected chi connectivity index (χ0v) is 18.2. The van der Waals surface area contributed by atoms with Gasteiger partial charge in [0, 0.05) is 12.5 Å². The molecule has 2 aliphatic rings. The first-order chi connectivity index (χ1) is 15.1. The molecule has 0 spiro atoms. The van der Waals surface area contributed by atoms with Crippen molar-refractivity contribution in [2.75, 3.05) is 27.4 Å². The summed E-state index contributed by atoms with van der Waals surface area (Å²) < 4.78 is 30.3. The van der Waals surface area contributed by atoms with Gasteiger partial charge in [0.1, 0.15) is 18.2 Å². The Hall–Kier alpha value is -2.76. The van der Waals surface area contributed by atoms with Crippen LogP contribution in [0.25, 0.3) is 0 Å².